The summed E-state index contributed by atoms with van der Waals surface area (Å²) in [6, 6.07) is 7.16. The van der Waals surface area contributed by atoms with E-state index in [1.54, 1.807) is 24.3 Å². The first-order chi connectivity index (χ1) is 13.2. The van der Waals surface area contributed by atoms with Crippen molar-refractivity contribution in [2.75, 3.05) is 23.7 Å². The fraction of sp³-hybridized carbons (Fsp3) is 0.450. The monoisotopic (exact) mass is 422 g/mol. The number of terminal acetylenes is 1. The average Bonchev–Trinajstić information content (AvgIpc) is 2.64. The fourth-order valence-corrected chi connectivity index (χ4v) is 2.42. The molecule has 0 fully saturated rings. The predicted molar refractivity (Wildman–Crippen MR) is 122 cm³/mol. The number of thiocarbonyl (C=S) groups is 2. The largest absolute Gasteiger partial charge is 0.361 e. The zero-order chi connectivity index (χ0) is 21.2. The predicted octanol–water partition coefficient (Wildman–Crippen LogP) is 3.63. The number of rotatable bonds is 9. The molecule has 0 aliphatic heterocycles. The summed E-state index contributed by atoms with van der Waals surface area (Å²) in [5, 5.41) is 12.2. The third kappa shape index (κ3) is 9.11. The van der Waals surface area contributed by atoms with Gasteiger partial charge in [-0.1, -0.05) is 19.1 Å². The van der Waals surface area contributed by atoms with Crippen molar-refractivity contribution in [3.63, 3.8) is 0 Å². The molecule has 1 atom stereocenters. The highest BCUT2D eigenvalue weighted by Gasteiger charge is 2.22. The minimum absolute atomic E-state index is 0.0292. The van der Waals surface area contributed by atoms with Gasteiger partial charge < -0.3 is 21.3 Å². The van der Waals surface area contributed by atoms with Gasteiger partial charge in [-0.25, -0.2) is 4.39 Å². The second kappa shape index (κ2) is 11.6. The summed E-state index contributed by atoms with van der Waals surface area (Å²) in [4.78, 5) is 11.9. The van der Waals surface area contributed by atoms with Crippen molar-refractivity contribution < 1.29 is 9.18 Å². The summed E-state index contributed by atoms with van der Waals surface area (Å²) in [5.74, 6) is 2.51. The molecule has 8 heteroatoms. The molecule has 0 aliphatic rings. The lowest BCUT2D eigenvalue weighted by molar-refractivity contribution is -0.121. The quantitative estimate of drug-likeness (QED) is 0.277. The Morgan fingerprint density at radius 2 is 1.68 bits per heavy atom. The molecule has 0 aromatic heterocycles. The maximum absolute atomic E-state index is 13.7. The Hall–Kier alpha value is -2.24. The second-order valence-corrected chi connectivity index (χ2v) is 7.53. The number of halogens is 1. The Morgan fingerprint density at radius 1 is 1.14 bits per heavy atom. The first-order valence-corrected chi connectivity index (χ1v) is 9.85. The van der Waals surface area contributed by atoms with E-state index in [9.17, 15) is 9.18 Å². The summed E-state index contributed by atoms with van der Waals surface area (Å²) >= 11 is 10.2. The highest BCUT2D eigenvalue weighted by molar-refractivity contribution is 7.80. The van der Waals surface area contributed by atoms with Gasteiger partial charge in [0.2, 0.25) is 5.91 Å². The van der Waals surface area contributed by atoms with Gasteiger partial charge in [-0.3, -0.25) is 4.79 Å². The highest BCUT2D eigenvalue weighted by Crippen LogP contribution is 2.17. The van der Waals surface area contributed by atoms with Crippen LogP contribution in [0.15, 0.2) is 24.3 Å². The molecule has 1 rings (SSSR count). The van der Waals surface area contributed by atoms with Crippen LogP contribution in [-0.2, 0) is 4.79 Å². The first kappa shape index (κ1) is 23.8. The summed E-state index contributed by atoms with van der Waals surface area (Å²) < 4.78 is 13.7. The molecule has 1 aromatic carbocycles. The van der Waals surface area contributed by atoms with E-state index >= 15 is 0 Å². The van der Waals surface area contributed by atoms with Gasteiger partial charge in [-0.05, 0) is 56.8 Å². The van der Waals surface area contributed by atoms with Gasteiger partial charge >= 0.3 is 0 Å². The zero-order valence-corrected chi connectivity index (χ0v) is 18.0. The fourth-order valence-electron chi connectivity index (χ4n) is 2.09. The lowest BCUT2D eigenvalue weighted by atomic mass is 10.0. The van der Waals surface area contributed by atoms with Gasteiger partial charge in [0.05, 0.1) is 0 Å². The van der Waals surface area contributed by atoms with Crippen LogP contribution in [0.3, 0.4) is 0 Å². The van der Waals surface area contributed by atoms with E-state index in [1.807, 2.05) is 6.92 Å². The number of alkyl halides is 1. The molecule has 0 aliphatic carbocycles. The van der Waals surface area contributed by atoms with Crippen molar-refractivity contribution in [3.05, 3.63) is 24.3 Å². The molecule has 1 aromatic rings. The van der Waals surface area contributed by atoms with Gasteiger partial charge in [0.15, 0.2) is 10.8 Å². The number of carbonyl (C=O) groups is 1. The van der Waals surface area contributed by atoms with Crippen LogP contribution >= 0.6 is 24.4 Å². The third-order valence-electron chi connectivity index (χ3n) is 3.83. The number of anilines is 2. The van der Waals surface area contributed by atoms with Crippen molar-refractivity contribution >= 4 is 51.8 Å². The summed E-state index contributed by atoms with van der Waals surface area (Å²) in [7, 11) is 0. The van der Waals surface area contributed by atoms with Crippen LogP contribution in [0.1, 0.15) is 33.6 Å². The number of nitrogens with one attached hydrogen (secondary N) is 4. The van der Waals surface area contributed by atoms with E-state index in [0.29, 0.717) is 30.3 Å². The topological polar surface area (TPSA) is 65.2 Å². The standard InChI is InChI=1S/C20H27FN4OS2/c1-5-14(6-2)13-17(26)22-11-12-23-19(28)25-16-9-7-15(8-10-16)24-18(27)20(3,4)21/h1,7-10,14H,6,11-13H2,2-4H3,(H,22,26)(H,24,27)(H2,23,25,28)/t14-/m0/s1. The molecule has 0 saturated heterocycles. The Bertz CT molecular complexity index is 723. The van der Waals surface area contributed by atoms with E-state index in [4.69, 9.17) is 30.9 Å². The van der Waals surface area contributed by atoms with E-state index in [1.165, 1.54) is 13.8 Å². The Balaban J connectivity index is 2.33. The van der Waals surface area contributed by atoms with Crippen LogP contribution in [0.4, 0.5) is 15.8 Å². The first-order valence-electron chi connectivity index (χ1n) is 9.03. The lowest BCUT2D eigenvalue weighted by Crippen LogP contribution is -2.37. The summed E-state index contributed by atoms with van der Waals surface area (Å²) in [5.41, 5.74) is -0.108. The van der Waals surface area contributed by atoms with E-state index in [-0.39, 0.29) is 16.8 Å². The Kier molecular flexibility index (Phi) is 9.83. The van der Waals surface area contributed by atoms with Gasteiger partial charge in [-0.15, -0.1) is 12.3 Å². The van der Waals surface area contributed by atoms with Gasteiger partial charge in [0.25, 0.3) is 0 Å². The smallest absolute Gasteiger partial charge is 0.221 e. The van der Waals surface area contributed by atoms with Gasteiger partial charge in [-0.2, -0.15) is 0 Å². The molecule has 1 amide bonds. The van der Waals surface area contributed by atoms with E-state index in [2.05, 4.69) is 27.2 Å². The minimum Gasteiger partial charge on any atom is -0.361 e. The second-order valence-electron chi connectivity index (χ2n) is 6.71. The molecule has 152 valence electrons. The number of benzene rings is 1. The number of amides is 1. The van der Waals surface area contributed by atoms with Crippen LogP contribution in [0.2, 0.25) is 0 Å². The minimum atomic E-state index is -1.58. The molecular weight excluding hydrogens is 395 g/mol. The maximum Gasteiger partial charge on any atom is 0.221 e. The van der Waals surface area contributed by atoms with Gasteiger partial charge in [0.1, 0.15) is 4.99 Å². The van der Waals surface area contributed by atoms with Crippen LogP contribution in [0.25, 0.3) is 0 Å². The molecule has 4 N–H and O–H groups in total. The molecule has 0 unspecified atom stereocenters. The highest BCUT2D eigenvalue weighted by atomic mass is 32.1. The molecule has 5 nitrogen and oxygen atoms in total. The van der Waals surface area contributed by atoms with Crippen molar-refractivity contribution in [2.45, 2.75) is 39.3 Å². The SMILES string of the molecule is C#C[C@@H](CC)CC(=O)NCCNC(=S)Nc1ccc(NC(=S)C(C)(C)F)cc1. The molecule has 28 heavy (non-hydrogen) atoms. The number of hydrogen-bond donors (Lipinski definition) is 4. The van der Waals surface area contributed by atoms with Crippen molar-refractivity contribution in [1.29, 1.82) is 0 Å². The van der Waals surface area contributed by atoms with Crippen LogP contribution in [0.5, 0.6) is 0 Å². The van der Waals surface area contributed by atoms with Crippen LogP contribution in [-0.4, -0.2) is 34.8 Å². The van der Waals surface area contributed by atoms with Crippen LogP contribution < -0.4 is 21.3 Å². The van der Waals surface area contributed by atoms with Crippen molar-refractivity contribution in [2.24, 2.45) is 5.92 Å². The summed E-state index contributed by atoms with van der Waals surface area (Å²) in [6.45, 7) is 5.71. The number of carbonyl (C=O) groups excluding carboxylic acids is 1. The van der Waals surface area contributed by atoms with E-state index < -0.39 is 5.67 Å². The molecule has 0 heterocycles. The maximum atomic E-state index is 13.7. The number of hydrogen-bond acceptors (Lipinski definition) is 3. The molecule has 0 bridgehead atoms. The average molecular weight is 423 g/mol. The summed E-state index contributed by atoms with van der Waals surface area (Å²) in [6.07, 6.45) is 6.47. The zero-order valence-electron chi connectivity index (χ0n) is 16.4. The molecule has 0 spiro atoms. The lowest BCUT2D eigenvalue weighted by Gasteiger charge is -2.17. The van der Waals surface area contributed by atoms with E-state index in [0.717, 1.165) is 12.1 Å². The molecule has 0 radical (unpaired) electrons. The van der Waals surface area contributed by atoms with Crippen molar-refractivity contribution in [3.8, 4) is 12.3 Å². The van der Waals surface area contributed by atoms with Gasteiger partial charge in [0, 0.05) is 36.8 Å². The van der Waals surface area contributed by atoms with Crippen molar-refractivity contribution in [1.82, 2.24) is 10.6 Å². The normalized spacial score (nSPS) is 11.7. The molecular formula is C20H27FN4OS2. The van der Waals surface area contributed by atoms with Crippen LogP contribution in [0, 0.1) is 18.3 Å². The molecule has 0 saturated carbocycles. The third-order valence-corrected chi connectivity index (χ3v) is 4.67. The Morgan fingerprint density at radius 3 is 2.18 bits per heavy atom. The Labute approximate surface area is 177 Å².